The summed E-state index contributed by atoms with van der Waals surface area (Å²) in [4.78, 5) is 9.23. The van der Waals surface area contributed by atoms with Crippen LogP contribution in [-0.4, -0.2) is 28.2 Å². The van der Waals surface area contributed by atoms with Crippen molar-refractivity contribution in [3.8, 4) is 0 Å². The van der Waals surface area contributed by atoms with E-state index in [-0.39, 0.29) is 0 Å². The van der Waals surface area contributed by atoms with E-state index in [0.717, 1.165) is 59.9 Å². The second kappa shape index (κ2) is 6.57. The Morgan fingerprint density at radius 1 is 1.17 bits per heavy atom. The van der Waals surface area contributed by atoms with Crippen molar-refractivity contribution in [1.29, 1.82) is 0 Å². The van der Waals surface area contributed by atoms with Gasteiger partial charge in [0.25, 0.3) is 0 Å². The molecule has 124 valence electrons. The molecule has 3 aromatic rings. The van der Waals surface area contributed by atoms with Crippen LogP contribution in [0.25, 0.3) is 11.0 Å². The number of anilines is 1. The lowest BCUT2D eigenvalue weighted by molar-refractivity contribution is 0.365. The fraction of sp³-hybridized carbons (Fsp3) is 0.389. The number of benzene rings is 1. The van der Waals surface area contributed by atoms with E-state index in [0.29, 0.717) is 12.5 Å². The Labute approximate surface area is 140 Å². The topological polar surface area (TPSA) is 75.9 Å². The molecule has 1 aromatic carbocycles. The van der Waals surface area contributed by atoms with Gasteiger partial charge in [-0.3, -0.25) is 0 Å². The lowest BCUT2D eigenvalue weighted by Gasteiger charge is -2.19. The molecule has 1 fully saturated rings. The Balaban J connectivity index is 1.47. The number of aromatic nitrogens is 3. The Morgan fingerprint density at radius 3 is 2.71 bits per heavy atom. The lowest BCUT2D eigenvalue weighted by atomic mass is 9.95. The second-order valence-corrected chi connectivity index (χ2v) is 6.24. The van der Waals surface area contributed by atoms with Crippen LogP contribution in [0, 0.1) is 6.92 Å². The standard InChI is InChI=1S/C18H21N5O/c1-12-18(22-16-5-3-2-4-15(16)21-12)20-11-14-10-17(23-24-14)13-6-8-19-9-7-13/h2-5,10,13,19H,6-9,11H2,1H3,(H,20,22). The van der Waals surface area contributed by atoms with E-state index in [2.05, 4.69) is 31.8 Å². The number of aryl methyl sites for hydroxylation is 1. The molecule has 1 aliphatic rings. The molecular weight excluding hydrogens is 302 g/mol. The lowest BCUT2D eigenvalue weighted by Crippen LogP contribution is -2.26. The van der Waals surface area contributed by atoms with Gasteiger partial charge in [0.2, 0.25) is 0 Å². The maximum atomic E-state index is 5.49. The fourth-order valence-corrected chi connectivity index (χ4v) is 3.15. The highest BCUT2D eigenvalue weighted by molar-refractivity contribution is 5.76. The summed E-state index contributed by atoms with van der Waals surface area (Å²) < 4.78 is 5.49. The molecule has 0 amide bonds. The van der Waals surface area contributed by atoms with Gasteiger partial charge in [0, 0.05) is 12.0 Å². The predicted octanol–water partition coefficient (Wildman–Crippen LogP) is 3.01. The molecular formula is C18H21N5O. The molecule has 0 radical (unpaired) electrons. The molecule has 3 heterocycles. The number of nitrogens with one attached hydrogen (secondary N) is 2. The average Bonchev–Trinajstić information content (AvgIpc) is 3.10. The molecule has 0 atom stereocenters. The monoisotopic (exact) mass is 323 g/mol. The zero-order valence-corrected chi connectivity index (χ0v) is 13.7. The Bertz CT molecular complexity index is 838. The first-order valence-electron chi connectivity index (χ1n) is 8.43. The molecule has 0 spiro atoms. The second-order valence-electron chi connectivity index (χ2n) is 6.24. The molecule has 0 unspecified atom stereocenters. The van der Waals surface area contributed by atoms with Gasteiger partial charge in [-0.15, -0.1) is 0 Å². The molecule has 2 aromatic heterocycles. The maximum absolute atomic E-state index is 5.49. The first-order valence-corrected chi connectivity index (χ1v) is 8.43. The van der Waals surface area contributed by atoms with Crippen molar-refractivity contribution in [3.05, 3.63) is 47.5 Å². The Kier molecular flexibility index (Phi) is 4.13. The van der Waals surface area contributed by atoms with Crippen molar-refractivity contribution < 1.29 is 4.52 Å². The number of para-hydroxylation sites is 2. The summed E-state index contributed by atoms with van der Waals surface area (Å²) in [6.07, 6.45) is 2.24. The van der Waals surface area contributed by atoms with Crippen molar-refractivity contribution in [2.45, 2.75) is 32.2 Å². The number of hydrogen-bond acceptors (Lipinski definition) is 6. The predicted molar refractivity (Wildman–Crippen MR) is 92.9 cm³/mol. The number of nitrogens with zero attached hydrogens (tertiary/aromatic N) is 3. The van der Waals surface area contributed by atoms with E-state index in [1.165, 1.54) is 0 Å². The van der Waals surface area contributed by atoms with Gasteiger partial charge < -0.3 is 15.2 Å². The minimum Gasteiger partial charge on any atom is -0.361 e. The first-order chi connectivity index (χ1) is 11.8. The zero-order chi connectivity index (χ0) is 16.4. The largest absolute Gasteiger partial charge is 0.361 e. The van der Waals surface area contributed by atoms with E-state index < -0.39 is 0 Å². The maximum Gasteiger partial charge on any atom is 0.156 e. The van der Waals surface area contributed by atoms with E-state index in [4.69, 9.17) is 4.52 Å². The van der Waals surface area contributed by atoms with Crippen LogP contribution in [0.15, 0.2) is 34.9 Å². The van der Waals surface area contributed by atoms with Crippen LogP contribution in [0.4, 0.5) is 5.82 Å². The molecule has 0 saturated carbocycles. The van der Waals surface area contributed by atoms with Gasteiger partial charge in [0.1, 0.15) is 5.82 Å². The zero-order valence-electron chi connectivity index (χ0n) is 13.7. The van der Waals surface area contributed by atoms with Crippen LogP contribution in [-0.2, 0) is 6.54 Å². The van der Waals surface area contributed by atoms with Gasteiger partial charge >= 0.3 is 0 Å². The quantitative estimate of drug-likeness (QED) is 0.769. The van der Waals surface area contributed by atoms with E-state index in [1.807, 2.05) is 31.2 Å². The van der Waals surface area contributed by atoms with Crippen LogP contribution in [0.5, 0.6) is 0 Å². The SMILES string of the molecule is Cc1nc2ccccc2nc1NCc1cc(C2CCNCC2)no1. The third-order valence-electron chi connectivity index (χ3n) is 4.51. The molecule has 6 nitrogen and oxygen atoms in total. The van der Waals surface area contributed by atoms with Crippen LogP contribution in [0.2, 0.25) is 0 Å². The van der Waals surface area contributed by atoms with Crippen molar-refractivity contribution in [1.82, 2.24) is 20.4 Å². The molecule has 4 rings (SSSR count). The molecule has 0 bridgehead atoms. The van der Waals surface area contributed by atoms with Gasteiger partial charge in [-0.1, -0.05) is 17.3 Å². The van der Waals surface area contributed by atoms with Crippen LogP contribution in [0.1, 0.15) is 35.9 Å². The van der Waals surface area contributed by atoms with Crippen molar-refractivity contribution in [2.24, 2.45) is 0 Å². The average molecular weight is 323 g/mol. The van der Waals surface area contributed by atoms with Crippen LogP contribution in [0.3, 0.4) is 0 Å². The fourth-order valence-electron chi connectivity index (χ4n) is 3.15. The molecule has 2 N–H and O–H groups in total. The van der Waals surface area contributed by atoms with Crippen molar-refractivity contribution >= 4 is 16.9 Å². The molecule has 6 heteroatoms. The molecule has 0 aliphatic carbocycles. The smallest absolute Gasteiger partial charge is 0.156 e. The number of piperidine rings is 1. The third kappa shape index (κ3) is 3.10. The molecule has 1 saturated heterocycles. The summed E-state index contributed by atoms with van der Waals surface area (Å²) in [6, 6.07) is 9.95. The Morgan fingerprint density at radius 2 is 1.92 bits per heavy atom. The summed E-state index contributed by atoms with van der Waals surface area (Å²) in [6.45, 7) is 4.63. The van der Waals surface area contributed by atoms with Gasteiger partial charge in [-0.25, -0.2) is 9.97 Å². The number of rotatable bonds is 4. The van der Waals surface area contributed by atoms with Gasteiger partial charge in [-0.2, -0.15) is 0 Å². The van der Waals surface area contributed by atoms with Crippen LogP contribution < -0.4 is 10.6 Å². The summed E-state index contributed by atoms with van der Waals surface area (Å²) in [5.74, 6) is 2.12. The minimum atomic E-state index is 0.506. The number of fused-ring (bicyclic) bond motifs is 1. The van der Waals surface area contributed by atoms with Gasteiger partial charge in [0.05, 0.1) is 29.0 Å². The third-order valence-corrected chi connectivity index (χ3v) is 4.51. The van der Waals surface area contributed by atoms with Crippen molar-refractivity contribution in [3.63, 3.8) is 0 Å². The van der Waals surface area contributed by atoms with Crippen LogP contribution >= 0.6 is 0 Å². The van der Waals surface area contributed by atoms with E-state index in [1.54, 1.807) is 0 Å². The highest BCUT2D eigenvalue weighted by Gasteiger charge is 2.19. The van der Waals surface area contributed by atoms with Gasteiger partial charge in [0.15, 0.2) is 5.76 Å². The van der Waals surface area contributed by atoms with E-state index >= 15 is 0 Å². The normalized spacial score (nSPS) is 15.7. The molecule has 1 aliphatic heterocycles. The van der Waals surface area contributed by atoms with E-state index in [9.17, 15) is 0 Å². The van der Waals surface area contributed by atoms with Gasteiger partial charge in [-0.05, 0) is 45.0 Å². The first kappa shape index (κ1) is 15.1. The number of hydrogen-bond donors (Lipinski definition) is 2. The summed E-state index contributed by atoms with van der Waals surface area (Å²) in [7, 11) is 0. The summed E-state index contributed by atoms with van der Waals surface area (Å²) in [5, 5.41) is 10.9. The van der Waals surface area contributed by atoms with Crippen molar-refractivity contribution in [2.75, 3.05) is 18.4 Å². The molecule has 24 heavy (non-hydrogen) atoms. The summed E-state index contributed by atoms with van der Waals surface area (Å²) in [5.41, 5.74) is 3.74. The minimum absolute atomic E-state index is 0.506. The highest BCUT2D eigenvalue weighted by atomic mass is 16.5. The summed E-state index contributed by atoms with van der Waals surface area (Å²) >= 11 is 0. The Hall–Kier alpha value is -2.47. The highest BCUT2D eigenvalue weighted by Crippen LogP contribution is 2.25.